The molecule has 1 aromatic heterocycles. The summed E-state index contributed by atoms with van der Waals surface area (Å²) < 4.78 is 0. The number of halogens is 1. The van der Waals surface area contributed by atoms with Gasteiger partial charge in [-0.2, -0.15) is 5.10 Å². The van der Waals surface area contributed by atoms with Crippen molar-refractivity contribution in [2.75, 3.05) is 6.54 Å². The SMILES string of the molecule is O=C(NCC(O)C1CC1)c1nnccc1Cl. The van der Waals surface area contributed by atoms with Gasteiger partial charge in [0, 0.05) is 6.54 Å². The summed E-state index contributed by atoms with van der Waals surface area (Å²) in [6.45, 7) is 0.233. The van der Waals surface area contributed by atoms with Crippen LogP contribution in [0.15, 0.2) is 12.3 Å². The number of hydrogen-bond acceptors (Lipinski definition) is 4. The van der Waals surface area contributed by atoms with Gasteiger partial charge in [0.05, 0.1) is 17.3 Å². The van der Waals surface area contributed by atoms with Gasteiger partial charge in [0.25, 0.3) is 5.91 Å². The van der Waals surface area contributed by atoms with Crippen LogP contribution in [0.5, 0.6) is 0 Å². The summed E-state index contributed by atoms with van der Waals surface area (Å²) in [5.41, 5.74) is 0.0900. The third kappa shape index (κ3) is 2.68. The molecule has 0 aromatic carbocycles. The first-order valence-corrected chi connectivity index (χ1v) is 5.49. The van der Waals surface area contributed by atoms with E-state index in [4.69, 9.17) is 11.6 Å². The molecule has 0 aliphatic heterocycles. The van der Waals surface area contributed by atoms with E-state index in [1.807, 2.05) is 0 Å². The van der Waals surface area contributed by atoms with E-state index < -0.39 is 12.0 Å². The highest BCUT2D eigenvalue weighted by Crippen LogP contribution is 2.32. The molecule has 5 nitrogen and oxygen atoms in total. The van der Waals surface area contributed by atoms with Gasteiger partial charge in [0.15, 0.2) is 5.69 Å². The van der Waals surface area contributed by atoms with Crippen LogP contribution in [0, 0.1) is 5.92 Å². The van der Waals surface area contributed by atoms with Crippen LogP contribution in [0.2, 0.25) is 5.02 Å². The van der Waals surface area contributed by atoms with Gasteiger partial charge in [-0.15, -0.1) is 5.10 Å². The molecule has 1 amide bonds. The minimum atomic E-state index is -0.473. The number of rotatable bonds is 4. The van der Waals surface area contributed by atoms with E-state index in [9.17, 15) is 9.90 Å². The van der Waals surface area contributed by atoms with Crippen molar-refractivity contribution in [1.29, 1.82) is 0 Å². The van der Waals surface area contributed by atoms with Gasteiger partial charge >= 0.3 is 0 Å². The molecule has 1 aliphatic rings. The van der Waals surface area contributed by atoms with Gasteiger partial charge in [0.2, 0.25) is 0 Å². The van der Waals surface area contributed by atoms with Crippen molar-refractivity contribution in [3.05, 3.63) is 23.0 Å². The molecule has 2 rings (SSSR count). The number of aliphatic hydroxyl groups excluding tert-OH is 1. The fourth-order valence-electron chi connectivity index (χ4n) is 1.40. The average molecular weight is 242 g/mol. The summed E-state index contributed by atoms with van der Waals surface area (Å²) >= 11 is 5.78. The fraction of sp³-hybridized carbons (Fsp3) is 0.500. The smallest absolute Gasteiger partial charge is 0.273 e. The maximum Gasteiger partial charge on any atom is 0.273 e. The first-order valence-electron chi connectivity index (χ1n) is 5.12. The summed E-state index contributed by atoms with van der Waals surface area (Å²) in [6.07, 6.45) is 3.00. The Bertz CT molecular complexity index is 395. The molecule has 86 valence electrons. The number of nitrogens with zero attached hydrogens (tertiary/aromatic N) is 2. The molecule has 0 radical (unpaired) electrons. The Morgan fingerprint density at radius 1 is 1.69 bits per heavy atom. The lowest BCUT2D eigenvalue weighted by Gasteiger charge is -2.10. The Balaban J connectivity index is 1.90. The lowest BCUT2D eigenvalue weighted by molar-refractivity contribution is 0.0895. The van der Waals surface area contributed by atoms with Gasteiger partial charge in [-0.1, -0.05) is 11.6 Å². The first-order chi connectivity index (χ1) is 7.68. The van der Waals surface area contributed by atoms with Crippen LogP contribution >= 0.6 is 11.6 Å². The van der Waals surface area contributed by atoms with Crippen LogP contribution in [0.4, 0.5) is 0 Å². The summed E-state index contributed by atoms with van der Waals surface area (Å²) in [5.74, 6) is -0.0737. The molecule has 1 saturated carbocycles. The van der Waals surface area contributed by atoms with Crippen LogP contribution in [0.1, 0.15) is 23.3 Å². The molecule has 0 saturated heterocycles. The maximum atomic E-state index is 11.6. The van der Waals surface area contributed by atoms with E-state index in [1.165, 1.54) is 12.3 Å². The lowest BCUT2D eigenvalue weighted by atomic mass is 10.2. The van der Waals surface area contributed by atoms with Crippen LogP contribution in [-0.2, 0) is 0 Å². The van der Waals surface area contributed by atoms with E-state index >= 15 is 0 Å². The second kappa shape index (κ2) is 4.76. The second-order valence-corrected chi connectivity index (χ2v) is 4.25. The van der Waals surface area contributed by atoms with Crippen molar-refractivity contribution in [3.8, 4) is 0 Å². The molecule has 16 heavy (non-hydrogen) atoms. The zero-order valence-corrected chi connectivity index (χ0v) is 9.31. The quantitative estimate of drug-likeness (QED) is 0.811. The predicted octanol–water partition coefficient (Wildman–Crippen LogP) is 0.631. The van der Waals surface area contributed by atoms with Crippen molar-refractivity contribution in [2.24, 2.45) is 5.92 Å². The van der Waals surface area contributed by atoms with E-state index in [0.717, 1.165) is 12.8 Å². The van der Waals surface area contributed by atoms with Crippen molar-refractivity contribution in [1.82, 2.24) is 15.5 Å². The van der Waals surface area contributed by atoms with Gasteiger partial charge in [-0.05, 0) is 24.8 Å². The number of hydrogen-bond donors (Lipinski definition) is 2. The minimum absolute atomic E-state index is 0.0900. The summed E-state index contributed by atoms with van der Waals surface area (Å²) in [4.78, 5) is 11.6. The Morgan fingerprint density at radius 2 is 2.44 bits per heavy atom. The molecular weight excluding hydrogens is 230 g/mol. The highest BCUT2D eigenvalue weighted by molar-refractivity contribution is 6.33. The normalized spacial score (nSPS) is 16.9. The molecule has 0 spiro atoms. The molecule has 1 aliphatic carbocycles. The molecule has 1 atom stereocenters. The molecule has 1 aromatic rings. The van der Waals surface area contributed by atoms with Crippen LogP contribution in [-0.4, -0.2) is 33.9 Å². The minimum Gasteiger partial charge on any atom is -0.391 e. The van der Waals surface area contributed by atoms with Gasteiger partial charge in [-0.3, -0.25) is 4.79 Å². The Kier molecular flexibility index (Phi) is 3.36. The number of carbonyl (C=O) groups excluding carboxylic acids is 1. The third-order valence-electron chi connectivity index (χ3n) is 2.52. The number of amides is 1. The number of aliphatic hydroxyl groups is 1. The Hall–Kier alpha value is -1.20. The Morgan fingerprint density at radius 3 is 3.06 bits per heavy atom. The van der Waals surface area contributed by atoms with Crippen LogP contribution in [0.3, 0.4) is 0 Å². The van der Waals surface area contributed by atoms with E-state index in [-0.39, 0.29) is 17.3 Å². The first kappa shape index (κ1) is 11.3. The maximum absolute atomic E-state index is 11.6. The third-order valence-corrected chi connectivity index (χ3v) is 2.83. The van der Waals surface area contributed by atoms with Gasteiger partial charge in [0.1, 0.15) is 0 Å². The largest absolute Gasteiger partial charge is 0.391 e. The van der Waals surface area contributed by atoms with E-state index in [1.54, 1.807) is 0 Å². The molecular formula is C10H12ClN3O2. The molecule has 1 heterocycles. The number of aromatic nitrogens is 2. The molecule has 2 N–H and O–H groups in total. The highest BCUT2D eigenvalue weighted by Gasteiger charge is 2.29. The van der Waals surface area contributed by atoms with Crippen molar-refractivity contribution >= 4 is 17.5 Å². The summed E-state index contributed by atoms with van der Waals surface area (Å²) in [7, 11) is 0. The molecule has 0 bridgehead atoms. The topological polar surface area (TPSA) is 75.1 Å². The van der Waals surface area contributed by atoms with Crippen molar-refractivity contribution in [2.45, 2.75) is 18.9 Å². The van der Waals surface area contributed by atoms with Crippen LogP contribution in [0.25, 0.3) is 0 Å². The zero-order chi connectivity index (χ0) is 11.5. The lowest BCUT2D eigenvalue weighted by Crippen LogP contribution is -2.33. The summed E-state index contributed by atoms with van der Waals surface area (Å²) in [5, 5.41) is 19.6. The fourth-order valence-corrected chi connectivity index (χ4v) is 1.58. The van der Waals surface area contributed by atoms with Crippen molar-refractivity contribution < 1.29 is 9.90 Å². The van der Waals surface area contributed by atoms with Gasteiger partial charge < -0.3 is 10.4 Å². The second-order valence-electron chi connectivity index (χ2n) is 3.84. The summed E-state index contributed by atoms with van der Waals surface area (Å²) in [6, 6.07) is 1.50. The predicted molar refractivity (Wildman–Crippen MR) is 58.1 cm³/mol. The van der Waals surface area contributed by atoms with E-state index in [2.05, 4.69) is 15.5 Å². The highest BCUT2D eigenvalue weighted by atomic mass is 35.5. The van der Waals surface area contributed by atoms with E-state index in [0.29, 0.717) is 5.92 Å². The standard InChI is InChI=1S/C10H12ClN3O2/c11-7-3-4-13-14-9(7)10(16)12-5-8(15)6-1-2-6/h3-4,6,8,15H,1-2,5H2,(H,12,16). The number of nitrogens with one attached hydrogen (secondary N) is 1. The number of carbonyl (C=O) groups is 1. The van der Waals surface area contributed by atoms with Crippen LogP contribution < -0.4 is 5.32 Å². The molecule has 1 unspecified atom stereocenters. The monoisotopic (exact) mass is 241 g/mol. The average Bonchev–Trinajstić information content (AvgIpc) is 3.10. The van der Waals surface area contributed by atoms with Crippen molar-refractivity contribution in [3.63, 3.8) is 0 Å². The molecule has 1 fully saturated rings. The molecule has 6 heteroatoms. The van der Waals surface area contributed by atoms with Gasteiger partial charge in [-0.25, -0.2) is 0 Å². The Labute approximate surface area is 97.8 Å². The zero-order valence-electron chi connectivity index (χ0n) is 8.56.